The van der Waals surface area contributed by atoms with Gasteiger partial charge in [-0.05, 0) is 37.1 Å². The van der Waals surface area contributed by atoms with Crippen molar-refractivity contribution in [3.05, 3.63) is 47.2 Å². The van der Waals surface area contributed by atoms with Gasteiger partial charge in [0.15, 0.2) is 5.82 Å². The number of hydrogen-bond donors (Lipinski definition) is 0. The summed E-state index contributed by atoms with van der Waals surface area (Å²) in [5.74, 6) is 2.04. The molecule has 2 heterocycles. The Morgan fingerprint density at radius 2 is 2.21 bits per heavy atom. The van der Waals surface area contributed by atoms with Crippen LogP contribution in [0.4, 0.5) is 0 Å². The highest BCUT2D eigenvalue weighted by Crippen LogP contribution is 2.38. The van der Waals surface area contributed by atoms with Gasteiger partial charge in [-0.2, -0.15) is 4.98 Å². The zero-order valence-electron chi connectivity index (χ0n) is 10.2. The Bertz CT molecular complexity index is 742. The van der Waals surface area contributed by atoms with Crippen molar-refractivity contribution < 1.29 is 4.52 Å². The Balaban J connectivity index is 1.66. The summed E-state index contributed by atoms with van der Waals surface area (Å²) in [6.45, 7) is 0.602. The minimum Gasteiger partial charge on any atom is -0.338 e. The van der Waals surface area contributed by atoms with Gasteiger partial charge in [-0.3, -0.25) is 0 Å². The molecule has 3 aromatic rings. The molecule has 0 radical (unpaired) electrons. The van der Waals surface area contributed by atoms with Crippen molar-refractivity contribution >= 4 is 22.5 Å². The van der Waals surface area contributed by atoms with E-state index in [0.717, 1.165) is 21.7 Å². The Morgan fingerprint density at radius 1 is 1.32 bits per heavy atom. The Labute approximate surface area is 115 Å². The molecule has 0 amide bonds. The third kappa shape index (κ3) is 2.02. The largest absolute Gasteiger partial charge is 0.338 e. The predicted octanol–water partition coefficient (Wildman–Crippen LogP) is 3.60. The third-order valence-corrected chi connectivity index (χ3v) is 3.70. The van der Waals surface area contributed by atoms with Crippen LogP contribution in [0, 0.1) is 0 Å². The van der Waals surface area contributed by atoms with Gasteiger partial charge in [-0.1, -0.05) is 16.8 Å². The van der Waals surface area contributed by atoms with Crippen molar-refractivity contribution in [3.63, 3.8) is 0 Å². The number of aromatic nitrogens is 3. The van der Waals surface area contributed by atoms with E-state index in [1.165, 1.54) is 12.8 Å². The molecule has 0 atom stereocenters. The summed E-state index contributed by atoms with van der Waals surface area (Å²) in [6, 6.07) is 7.90. The van der Waals surface area contributed by atoms with Gasteiger partial charge < -0.3 is 9.09 Å². The summed E-state index contributed by atoms with van der Waals surface area (Å²) in [6.07, 6.45) is 4.38. The lowest BCUT2D eigenvalue weighted by Gasteiger charge is -2.01. The molecule has 4 rings (SSSR count). The fraction of sp³-hybridized carbons (Fsp3) is 0.286. The van der Waals surface area contributed by atoms with Crippen LogP contribution in [0.25, 0.3) is 10.9 Å². The van der Waals surface area contributed by atoms with E-state index in [1.807, 2.05) is 30.5 Å². The van der Waals surface area contributed by atoms with Crippen LogP contribution in [-0.4, -0.2) is 14.7 Å². The Kier molecular flexibility index (Phi) is 2.38. The molecule has 0 aliphatic heterocycles. The number of fused-ring (bicyclic) bond motifs is 1. The van der Waals surface area contributed by atoms with E-state index in [2.05, 4.69) is 14.7 Å². The van der Waals surface area contributed by atoms with E-state index >= 15 is 0 Å². The number of rotatable bonds is 3. The number of benzene rings is 1. The molecular weight excluding hydrogens is 262 g/mol. The standard InChI is InChI=1S/C14H12ClN3O/c15-11-3-4-12-10(7-11)5-6-18(12)8-13-16-14(17-19-13)9-1-2-9/h3-7,9H,1-2,8H2. The average molecular weight is 274 g/mol. The second-order valence-electron chi connectivity index (χ2n) is 4.97. The van der Waals surface area contributed by atoms with E-state index in [0.29, 0.717) is 18.4 Å². The Morgan fingerprint density at radius 3 is 3.05 bits per heavy atom. The Hall–Kier alpha value is -1.81. The molecule has 19 heavy (non-hydrogen) atoms. The summed E-state index contributed by atoms with van der Waals surface area (Å²) in [4.78, 5) is 4.45. The zero-order valence-corrected chi connectivity index (χ0v) is 11.0. The fourth-order valence-electron chi connectivity index (χ4n) is 2.29. The first-order valence-corrected chi connectivity index (χ1v) is 6.74. The van der Waals surface area contributed by atoms with Crippen LogP contribution in [0.3, 0.4) is 0 Å². The maximum atomic E-state index is 5.98. The first kappa shape index (κ1) is 11.1. The van der Waals surface area contributed by atoms with Gasteiger partial charge in [0.1, 0.15) is 6.54 Å². The maximum absolute atomic E-state index is 5.98. The molecule has 5 heteroatoms. The molecule has 2 aromatic heterocycles. The second kappa shape index (κ2) is 4.10. The molecule has 0 spiro atoms. The number of nitrogens with zero attached hydrogens (tertiary/aromatic N) is 3. The molecule has 1 aromatic carbocycles. The van der Waals surface area contributed by atoms with Crippen LogP contribution >= 0.6 is 11.6 Å². The minimum absolute atomic E-state index is 0.526. The van der Waals surface area contributed by atoms with Crippen molar-refractivity contribution in [1.29, 1.82) is 0 Å². The lowest BCUT2D eigenvalue weighted by molar-refractivity contribution is 0.367. The van der Waals surface area contributed by atoms with Crippen LogP contribution in [0.2, 0.25) is 5.02 Å². The summed E-state index contributed by atoms with van der Waals surface area (Å²) < 4.78 is 7.40. The van der Waals surface area contributed by atoms with Crippen LogP contribution in [0.1, 0.15) is 30.5 Å². The van der Waals surface area contributed by atoms with Crippen molar-refractivity contribution in [2.45, 2.75) is 25.3 Å². The molecule has 1 saturated carbocycles. The highest BCUT2D eigenvalue weighted by molar-refractivity contribution is 6.31. The summed E-state index contributed by atoms with van der Waals surface area (Å²) in [5.41, 5.74) is 1.12. The molecular formula is C14H12ClN3O. The monoisotopic (exact) mass is 273 g/mol. The molecule has 1 aliphatic rings. The van der Waals surface area contributed by atoms with Crippen molar-refractivity contribution in [3.8, 4) is 0 Å². The summed E-state index contributed by atoms with van der Waals surface area (Å²) >= 11 is 5.98. The van der Waals surface area contributed by atoms with E-state index < -0.39 is 0 Å². The van der Waals surface area contributed by atoms with Gasteiger partial charge in [-0.15, -0.1) is 0 Å². The van der Waals surface area contributed by atoms with Gasteiger partial charge >= 0.3 is 0 Å². The van der Waals surface area contributed by atoms with Crippen molar-refractivity contribution in [2.24, 2.45) is 0 Å². The molecule has 1 aliphatic carbocycles. The van der Waals surface area contributed by atoms with Crippen LogP contribution in [0.15, 0.2) is 35.0 Å². The molecule has 0 bridgehead atoms. The van der Waals surface area contributed by atoms with Gasteiger partial charge in [-0.25, -0.2) is 0 Å². The SMILES string of the molecule is Clc1ccc2c(ccn2Cc2nc(C3CC3)no2)c1. The normalized spacial score (nSPS) is 15.2. The van der Waals surface area contributed by atoms with E-state index in [9.17, 15) is 0 Å². The number of halogens is 1. The molecule has 96 valence electrons. The molecule has 1 fully saturated rings. The topological polar surface area (TPSA) is 43.9 Å². The van der Waals surface area contributed by atoms with Crippen LogP contribution in [0.5, 0.6) is 0 Å². The van der Waals surface area contributed by atoms with Gasteiger partial charge in [0.2, 0.25) is 5.89 Å². The van der Waals surface area contributed by atoms with Gasteiger partial charge in [0.05, 0.1) is 0 Å². The average Bonchev–Trinajstić information content (AvgIpc) is 3.03. The predicted molar refractivity (Wildman–Crippen MR) is 72.3 cm³/mol. The van der Waals surface area contributed by atoms with Gasteiger partial charge in [0.25, 0.3) is 0 Å². The lowest BCUT2D eigenvalue weighted by Crippen LogP contribution is -1.98. The van der Waals surface area contributed by atoms with Crippen LogP contribution in [-0.2, 0) is 6.54 Å². The molecule has 4 nitrogen and oxygen atoms in total. The maximum Gasteiger partial charge on any atom is 0.246 e. The molecule has 0 unspecified atom stereocenters. The quantitative estimate of drug-likeness (QED) is 0.732. The fourth-order valence-corrected chi connectivity index (χ4v) is 2.47. The van der Waals surface area contributed by atoms with Crippen molar-refractivity contribution in [1.82, 2.24) is 14.7 Å². The second-order valence-corrected chi connectivity index (χ2v) is 5.40. The van der Waals surface area contributed by atoms with Crippen LogP contribution < -0.4 is 0 Å². The van der Waals surface area contributed by atoms with E-state index in [-0.39, 0.29) is 0 Å². The third-order valence-electron chi connectivity index (χ3n) is 3.46. The smallest absolute Gasteiger partial charge is 0.246 e. The summed E-state index contributed by atoms with van der Waals surface area (Å²) in [5, 5.41) is 5.90. The lowest BCUT2D eigenvalue weighted by atomic mass is 10.2. The number of hydrogen-bond acceptors (Lipinski definition) is 3. The minimum atomic E-state index is 0.526. The van der Waals surface area contributed by atoms with E-state index in [1.54, 1.807) is 0 Å². The highest BCUT2D eigenvalue weighted by Gasteiger charge is 2.28. The van der Waals surface area contributed by atoms with E-state index in [4.69, 9.17) is 16.1 Å². The highest BCUT2D eigenvalue weighted by atomic mass is 35.5. The first-order valence-electron chi connectivity index (χ1n) is 6.36. The zero-order chi connectivity index (χ0) is 12.8. The molecule has 0 N–H and O–H groups in total. The molecule has 0 saturated heterocycles. The van der Waals surface area contributed by atoms with Crippen molar-refractivity contribution in [2.75, 3.05) is 0 Å². The first-order chi connectivity index (χ1) is 9.29. The van der Waals surface area contributed by atoms with Gasteiger partial charge in [0, 0.05) is 28.0 Å². The summed E-state index contributed by atoms with van der Waals surface area (Å²) in [7, 11) is 0.